The lowest BCUT2D eigenvalue weighted by atomic mass is 9.94. The van der Waals surface area contributed by atoms with Crippen LogP contribution in [0.3, 0.4) is 0 Å². The normalized spacial score (nSPS) is 24.1. The summed E-state index contributed by atoms with van der Waals surface area (Å²) in [6.45, 7) is 4.68. The van der Waals surface area contributed by atoms with E-state index in [1.807, 2.05) is 91.0 Å². The monoisotopic (exact) mass is 520 g/mol. The quantitative estimate of drug-likeness (QED) is 0.245. The second kappa shape index (κ2) is 14.9. The van der Waals surface area contributed by atoms with E-state index in [9.17, 15) is 10.2 Å². The number of ether oxygens (including phenoxy) is 5. The second-order valence-corrected chi connectivity index (χ2v) is 9.17. The van der Waals surface area contributed by atoms with Gasteiger partial charge in [0.1, 0.15) is 30.5 Å². The summed E-state index contributed by atoms with van der Waals surface area (Å²) in [5.41, 5.74) is 2.87. The van der Waals surface area contributed by atoms with E-state index in [0.29, 0.717) is 0 Å². The molecule has 0 spiro atoms. The van der Waals surface area contributed by atoms with Crippen molar-refractivity contribution >= 4 is 0 Å². The smallest absolute Gasteiger partial charge is 0.184 e. The summed E-state index contributed by atoms with van der Waals surface area (Å²) in [6, 6.07) is 29.1. The summed E-state index contributed by atoms with van der Waals surface area (Å²) >= 11 is 0. The fourth-order valence-corrected chi connectivity index (χ4v) is 4.39. The molecular weight excluding hydrogens is 484 g/mol. The van der Waals surface area contributed by atoms with Gasteiger partial charge < -0.3 is 33.9 Å². The molecule has 202 valence electrons. The van der Waals surface area contributed by atoms with Crippen molar-refractivity contribution in [3.05, 3.63) is 120 Å². The van der Waals surface area contributed by atoms with Gasteiger partial charge in [0.2, 0.25) is 0 Å². The highest BCUT2D eigenvalue weighted by molar-refractivity contribution is 5.15. The first-order valence-corrected chi connectivity index (χ1v) is 12.8. The lowest BCUT2D eigenvalue weighted by molar-refractivity contribution is -0.325. The molecule has 1 aliphatic rings. The zero-order chi connectivity index (χ0) is 26.6. The summed E-state index contributed by atoms with van der Waals surface area (Å²) < 4.78 is 30.4. The van der Waals surface area contributed by atoms with Crippen LogP contribution in [0.15, 0.2) is 104 Å². The Morgan fingerprint density at radius 2 is 1.16 bits per heavy atom. The fraction of sp³-hybridized carbons (Fsp3) is 0.355. The average molecular weight is 521 g/mol. The lowest BCUT2D eigenvalue weighted by Crippen LogP contribution is -2.63. The van der Waals surface area contributed by atoms with Crippen molar-refractivity contribution in [2.75, 3.05) is 13.2 Å². The van der Waals surface area contributed by atoms with Crippen molar-refractivity contribution < 1.29 is 33.9 Å². The Bertz CT molecular complexity index is 1060. The fourth-order valence-electron chi connectivity index (χ4n) is 4.39. The van der Waals surface area contributed by atoms with E-state index >= 15 is 0 Å². The van der Waals surface area contributed by atoms with Gasteiger partial charge in [-0.3, -0.25) is 0 Å². The van der Waals surface area contributed by atoms with Gasteiger partial charge in [-0.2, -0.15) is 0 Å². The minimum absolute atomic E-state index is 0.0183. The van der Waals surface area contributed by atoms with Crippen LogP contribution in [0.5, 0.6) is 0 Å². The van der Waals surface area contributed by atoms with Crippen LogP contribution in [-0.2, 0) is 43.5 Å². The highest BCUT2D eigenvalue weighted by atomic mass is 16.7. The Balaban J connectivity index is 1.58. The number of benzene rings is 3. The molecule has 38 heavy (non-hydrogen) atoms. The molecule has 6 atom stereocenters. The summed E-state index contributed by atoms with van der Waals surface area (Å²) in [6.07, 6.45) is -4.12. The van der Waals surface area contributed by atoms with Crippen LogP contribution in [0.2, 0.25) is 0 Å². The van der Waals surface area contributed by atoms with E-state index in [-0.39, 0.29) is 33.0 Å². The Morgan fingerprint density at radius 1 is 0.711 bits per heavy atom. The summed E-state index contributed by atoms with van der Waals surface area (Å²) in [7, 11) is 0. The Labute approximate surface area is 224 Å². The minimum Gasteiger partial charge on any atom is -0.388 e. The van der Waals surface area contributed by atoms with Gasteiger partial charge in [-0.15, -0.1) is 6.58 Å². The van der Waals surface area contributed by atoms with Gasteiger partial charge in [0.25, 0.3) is 0 Å². The molecule has 0 saturated carbocycles. The van der Waals surface area contributed by atoms with E-state index < -0.39 is 36.8 Å². The largest absolute Gasteiger partial charge is 0.388 e. The Morgan fingerprint density at radius 3 is 1.63 bits per heavy atom. The molecule has 0 bridgehead atoms. The van der Waals surface area contributed by atoms with E-state index in [0.717, 1.165) is 16.7 Å². The number of aliphatic hydroxyl groups is 2. The SMILES string of the molecule is C=CCOC[C@H](O)[C@H]1O[C@@H](O)[C@H](OCc2ccccc2)[C@H](OCc2ccccc2)[C@@H]1OCc1ccccc1. The molecule has 0 radical (unpaired) electrons. The summed E-state index contributed by atoms with van der Waals surface area (Å²) in [5, 5.41) is 22.1. The molecule has 1 saturated heterocycles. The van der Waals surface area contributed by atoms with Gasteiger partial charge in [0, 0.05) is 0 Å². The van der Waals surface area contributed by atoms with Crippen molar-refractivity contribution in [1.29, 1.82) is 0 Å². The zero-order valence-electron chi connectivity index (χ0n) is 21.4. The van der Waals surface area contributed by atoms with E-state index in [1.54, 1.807) is 6.08 Å². The van der Waals surface area contributed by atoms with Gasteiger partial charge in [0.15, 0.2) is 6.29 Å². The predicted octanol–water partition coefficient (Wildman–Crippen LogP) is 4.02. The van der Waals surface area contributed by atoms with Crippen molar-refractivity contribution in [3.8, 4) is 0 Å². The molecule has 0 amide bonds. The van der Waals surface area contributed by atoms with Crippen LogP contribution in [0, 0.1) is 0 Å². The minimum atomic E-state index is -1.35. The van der Waals surface area contributed by atoms with Crippen LogP contribution in [0.25, 0.3) is 0 Å². The Kier molecular flexibility index (Phi) is 11.0. The molecule has 2 N–H and O–H groups in total. The van der Waals surface area contributed by atoms with Crippen LogP contribution in [-0.4, -0.2) is 60.2 Å². The van der Waals surface area contributed by atoms with Gasteiger partial charge in [-0.05, 0) is 16.7 Å². The van der Waals surface area contributed by atoms with Crippen molar-refractivity contribution in [1.82, 2.24) is 0 Å². The summed E-state index contributed by atoms with van der Waals surface area (Å²) in [5.74, 6) is 0. The molecule has 4 rings (SSSR count). The lowest BCUT2D eigenvalue weighted by Gasteiger charge is -2.45. The molecule has 0 aliphatic carbocycles. The maximum Gasteiger partial charge on any atom is 0.184 e. The Hall–Kier alpha value is -2.88. The first-order chi connectivity index (χ1) is 18.7. The second-order valence-electron chi connectivity index (χ2n) is 9.17. The molecular formula is C31H36O7. The zero-order valence-corrected chi connectivity index (χ0v) is 21.4. The van der Waals surface area contributed by atoms with Crippen LogP contribution < -0.4 is 0 Å². The third kappa shape index (κ3) is 8.06. The van der Waals surface area contributed by atoms with Gasteiger partial charge in [-0.25, -0.2) is 0 Å². The molecule has 1 fully saturated rings. The maximum absolute atomic E-state index is 11.1. The van der Waals surface area contributed by atoms with Crippen molar-refractivity contribution in [2.45, 2.75) is 56.6 Å². The molecule has 0 unspecified atom stereocenters. The van der Waals surface area contributed by atoms with Crippen LogP contribution in [0.1, 0.15) is 16.7 Å². The molecule has 1 heterocycles. The van der Waals surface area contributed by atoms with E-state index in [2.05, 4.69) is 6.58 Å². The number of hydrogen-bond donors (Lipinski definition) is 2. The van der Waals surface area contributed by atoms with E-state index in [1.165, 1.54) is 0 Å². The van der Waals surface area contributed by atoms with E-state index in [4.69, 9.17) is 23.7 Å². The van der Waals surface area contributed by atoms with Crippen LogP contribution in [0.4, 0.5) is 0 Å². The summed E-state index contributed by atoms with van der Waals surface area (Å²) in [4.78, 5) is 0. The maximum atomic E-state index is 11.1. The number of aliphatic hydroxyl groups excluding tert-OH is 2. The standard InChI is InChI=1S/C31H36O7/c1-2-18-34-22-26(32)27-28(35-19-23-12-6-3-7-13-23)29(36-20-24-14-8-4-9-15-24)30(31(33)38-27)37-21-25-16-10-5-11-17-25/h2-17,26-33H,1,18-22H2/t26-,27+,28+,29+,30+,31+/m0/s1. The van der Waals surface area contributed by atoms with Gasteiger partial charge >= 0.3 is 0 Å². The average Bonchev–Trinajstić information content (AvgIpc) is 2.96. The number of rotatable bonds is 14. The molecule has 0 aromatic heterocycles. The predicted molar refractivity (Wildman–Crippen MR) is 143 cm³/mol. The van der Waals surface area contributed by atoms with Crippen molar-refractivity contribution in [3.63, 3.8) is 0 Å². The first kappa shape index (κ1) is 28.1. The molecule has 1 aliphatic heterocycles. The van der Waals surface area contributed by atoms with Gasteiger partial charge in [-0.1, -0.05) is 97.1 Å². The highest BCUT2D eigenvalue weighted by Crippen LogP contribution is 2.31. The molecule has 7 heteroatoms. The highest BCUT2D eigenvalue weighted by Gasteiger charge is 2.50. The molecule has 3 aromatic rings. The molecule has 3 aromatic carbocycles. The first-order valence-electron chi connectivity index (χ1n) is 12.8. The van der Waals surface area contributed by atoms with Crippen molar-refractivity contribution in [2.24, 2.45) is 0 Å². The molecule has 7 nitrogen and oxygen atoms in total. The van der Waals surface area contributed by atoms with Gasteiger partial charge in [0.05, 0.1) is 33.0 Å². The number of hydrogen-bond acceptors (Lipinski definition) is 7. The van der Waals surface area contributed by atoms with Crippen LogP contribution >= 0.6 is 0 Å². The third-order valence-electron chi connectivity index (χ3n) is 6.31. The topological polar surface area (TPSA) is 86.6 Å². The third-order valence-corrected chi connectivity index (χ3v) is 6.31.